The minimum atomic E-state index is -1.12. The molecule has 0 radical (unpaired) electrons. The van der Waals surface area contributed by atoms with E-state index in [9.17, 15) is 9.59 Å². The zero-order valence-electron chi connectivity index (χ0n) is 17.0. The van der Waals surface area contributed by atoms with E-state index in [0.29, 0.717) is 12.8 Å². The Morgan fingerprint density at radius 2 is 1.04 bits per heavy atom. The molecule has 0 saturated carbocycles. The zero-order valence-corrected chi connectivity index (χ0v) is 17.0. The Bertz CT molecular complexity index is 334. The van der Waals surface area contributed by atoms with Gasteiger partial charge in [0.15, 0.2) is 5.41 Å². The molecule has 0 saturated heterocycles. The standard InChI is InChI=1S/C21H40O4/c1-5-9-10-11-12-13-14-15-16-17-18-21(6-2,19(22)24-7-3)20(23)25-8-4/h5-18H2,1-4H3. The van der Waals surface area contributed by atoms with Crippen LogP contribution in [0.25, 0.3) is 0 Å². The number of hydrogen-bond acceptors (Lipinski definition) is 4. The van der Waals surface area contributed by atoms with Crippen molar-refractivity contribution in [3.63, 3.8) is 0 Å². The van der Waals surface area contributed by atoms with E-state index in [0.717, 1.165) is 12.8 Å². The van der Waals surface area contributed by atoms with Gasteiger partial charge in [0.2, 0.25) is 0 Å². The molecule has 4 heteroatoms. The minimum Gasteiger partial charge on any atom is -0.465 e. The summed E-state index contributed by atoms with van der Waals surface area (Å²) in [5.74, 6) is -0.848. The van der Waals surface area contributed by atoms with Crippen LogP contribution in [0.3, 0.4) is 0 Å². The summed E-state index contributed by atoms with van der Waals surface area (Å²) in [4.78, 5) is 24.8. The van der Waals surface area contributed by atoms with Crippen LogP contribution in [0.4, 0.5) is 0 Å². The van der Waals surface area contributed by atoms with Crippen molar-refractivity contribution in [1.82, 2.24) is 0 Å². The molecule has 0 unspecified atom stereocenters. The predicted octanol–water partition coefficient (Wildman–Crippen LogP) is 5.82. The number of unbranched alkanes of at least 4 members (excludes halogenated alkanes) is 9. The third kappa shape index (κ3) is 9.27. The average Bonchev–Trinajstić information content (AvgIpc) is 2.60. The van der Waals surface area contributed by atoms with Gasteiger partial charge in [-0.15, -0.1) is 0 Å². The molecule has 0 atom stereocenters. The van der Waals surface area contributed by atoms with Gasteiger partial charge in [0, 0.05) is 0 Å². The second kappa shape index (κ2) is 15.2. The molecule has 0 amide bonds. The fraction of sp³-hybridized carbons (Fsp3) is 0.905. The zero-order chi connectivity index (χ0) is 19.0. The quantitative estimate of drug-likeness (QED) is 0.199. The van der Waals surface area contributed by atoms with Gasteiger partial charge in [-0.1, -0.05) is 78.1 Å². The van der Waals surface area contributed by atoms with Crippen LogP contribution < -0.4 is 0 Å². The van der Waals surface area contributed by atoms with Gasteiger partial charge in [-0.2, -0.15) is 0 Å². The first kappa shape index (κ1) is 23.9. The summed E-state index contributed by atoms with van der Waals surface area (Å²) in [5.41, 5.74) is -1.12. The second-order valence-electron chi connectivity index (χ2n) is 6.81. The predicted molar refractivity (Wildman–Crippen MR) is 102 cm³/mol. The van der Waals surface area contributed by atoms with Crippen LogP contribution in [0.15, 0.2) is 0 Å². The molecule has 0 spiro atoms. The van der Waals surface area contributed by atoms with Crippen molar-refractivity contribution in [1.29, 1.82) is 0 Å². The highest BCUT2D eigenvalue weighted by molar-refractivity contribution is 6.00. The molecule has 0 aliphatic heterocycles. The first-order valence-electron chi connectivity index (χ1n) is 10.4. The maximum atomic E-state index is 12.4. The van der Waals surface area contributed by atoms with Gasteiger partial charge < -0.3 is 9.47 Å². The van der Waals surface area contributed by atoms with E-state index in [2.05, 4.69) is 6.92 Å². The number of carbonyl (C=O) groups is 2. The van der Waals surface area contributed by atoms with E-state index in [4.69, 9.17) is 9.47 Å². The van der Waals surface area contributed by atoms with Crippen LogP contribution in [0.2, 0.25) is 0 Å². The van der Waals surface area contributed by atoms with E-state index in [1.165, 1.54) is 51.4 Å². The summed E-state index contributed by atoms with van der Waals surface area (Å²) >= 11 is 0. The van der Waals surface area contributed by atoms with Crippen molar-refractivity contribution in [2.24, 2.45) is 5.41 Å². The van der Waals surface area contributed by atoms with E-state index < -0.39 is 17.4 Å². The Morgan fingerprint density at radius 3 is 1.40 bits per heavy atom. The maximum absolute atomic E-state index is 12.4. The van der Waals surface area contributed by atoms with Gasteiger partial charge in [0.05, 0.1) is 13.2 Å². The van der Waals surface area contributed by atoms with E-state index in [1.807, 2.05) is 6.92 Å². The highest BCUT2D eigenvalue weighted by atomic mass is 16.6. The van der Waals surface area contributed by atoms with Gasteiger partial charge in [-0.3, -0.25) is 9.59 Å². The fourth-order valence-electron chi connectivity index (χ4n) is 3.21. The van der Waals surface area contributed by atoms with Crippen LogP contribution in [0, 0.1) is 5.41 Å². The Balaban J connectivity index is 4.22. The van der Waals surface area contributed by atoms with Gasteiger partial charge >= 0.3 is 11.9 Å². The average molecular weight is 357 g/mol. The largest absolute Gasteiger partial charge is 0.465 e. The van der Waals surface area contributed by atoms with E-state index in [1.54, 1.807) is 13.8 Å². The second-order valence-corrected chi connectivity index (χ2v) is 6.81. The number of hydrogen-bond donors (Lipinski definition) is 0. The molecule has 0 fully saturated rings. The number of rotatable bonds is 16. The third-order valence-electron chi connectivity index (χ3n) is 4.89. The van der Waals surface area contributed by atoms with Crippen molar-refractivity contribution in [3.05, 3.63) is 0 Å². The highest BCUT2D eigenvalue weighted by Gasteiger charge is 2.46. The Hall–Kier alpha value is -1.06. The molecule has 0 bridgehead atoms. The molecule has 0 heterocycles. The monoisotopic (exact) mass is 356 g/mol. The lowest BCUT2D eigenvalue weighted by molar-refractivity contribution is -0.173. The molecule has 0 aliphatic carbocycles. The van der Waals surface area contributed by atoms with Gasteiger partial charge in [-0.25, -0.2) is 0 Å². The molecular formula is C21H40O4. The van der Waals surface area contributed by atoms with Gasteiger partial charge in [0.1, 0.15) is 0 Å². The van der Waals surface area contributed by atoms with Crippen LogP contribution in [-0.2, 0) is 19.1 Å². The Kier molecular flexibility index (Phi) is 14.6. The normalized spacial score (nSPS) is 11.4. The molecule has 0 aliphatic rings. The molecule has 0 N–H and O–H groups in total. The summed E-state index contributed by atoms with van der Waals surface area (Å²) in [7, 11) is 0. The summed E-state index contributed by atoms with van der Waals surface area (Å²) in [6.45, 7) is 8.22. The van der Waals surface area contributed by atoms with Crippen molar-refractivity contribution >= 4 is 11.9 Å². The third-order valence-corrected chi connectivity index (χ3v) is 4.89. The lowest BCUT2D eigenvalue weighted by Crippen LogP contribution is -2.41. The number of ether oxygens (including phenoxy) is 2. The highest BCUT2D eigenvalue weighted by Crippen LogP contribution is 2.33. The summed E-state index contributed by atoms with van der Waals surface area (Å²) in [6, 6.07) is 0. The van der Waals surface area contributed by atoms with Crippen molar-refractivity contribution in [2.75, 3.05) is 13.2 Å². The van der Waals surface area contributed by atoms with Crippen LogP contribution >= 0.6 is 0 Å². The van der Waals surface area contributed by atoms with Crippen molar-refractivity contribution < 1.29 is 19.1 Å². The van der Waals surface area contributed by atoms with E-state index >= 15 is 0 Å². The molecular weight excluding hydrogens is 316 g/mol. The Labute approximate surface area is 155 Å². The summed E-state index contributed by atoms with van der Waals surface area (Å²) in [5, 5.41) is 0. The van der Waals surface area contributed by atoms with Crippen LogP contribution in [0.1, 0.15) is 105 Å². The smallest absolute Gasteiger partial charge is 0.323 e. The first-order chi connectivity index (χ1) is 12.1. The Morgan fingerprint density at radius 1 is 0.640 bits per heavy atom. The lowest BCUT2D eigenvalue weighted by atomic mass is 9.80. The maximum Gasteiger partial charge on any atom is 0.323 e. The van der Waals surface area contributed by atoms with Gasteiger partial charge in [0.25, 0.3) is 0 Å². The molecule has 0 aromatic rings. The van der Waals surface area contributed by atoms with Gasteiger partial charge in [-0.05, 0) is 26.7 Å². The first-order valence-corrected chi connectivity index (χ1v) is 10.4. The van der Waals surface area contributed by atoms with E-state index in [-0.39, 0.29) is 13.2 Å². The molecule has 4 nitrogen and oxygen atoms in total. The summed E-state index contributed by atoms with van der Waals surface area (Å²) < 4.78 is 10.3. The molecule has 0 aromatic carbocycles. The topological polar surface area (TPSA) is 52.6 Å². The number of esters is 2. The molecule has 25 heavy (non-hydrogen) atoms. The molecule has 148 valence electrons. The summed E-state index contributed by atoms with van der Waals surface area (Å²) in [6.07, 6.45) is 13.2. The SMILES string of the molecule is CCCCCCCCCCCCC(CC)(C(=O)OCC)C(=O)OCC. The minimum absolute atomic E-state index is 0.290. The van der Waals surface area contributed by atoms with Crippen LogP contribution in [0.5, 0.6) is 0 Å². The van der Waals surface area contributed by atoms with Crippen molar-refractivity contribution in [2.45, 2.75) is 105 Å². The van der Waals surface area contributed by atoms with Crippen molar-refractivity contribution in [3.8, 4) is 0 Å². The fourth-order valence-corrected chi connectivity index (χ4v) is 3.21. The molecule has 0 rings (SSSR count). The van der Waals surface area contributed by atoms with Crippen LogP contribution in [-0.4, -0.2) is 25.2 Å². The molecule has 0 aromatic heterocycles. The number of carbonyl (C=O) groups excluding carboxylic acids is 2. The lowest BCUT2D eigenvalue weighted by Gasteiger charge is -2.27.